The van der Waals surface area contributed by atoms with Crippen molar-refractivity contribution in [1.29, 1.82) is 0 Å². The molecule has 1 atom stereocenters. The molecule has 0 aromatic rings. The fraction of sp³-hybridized carbons (Fsp3) is 0.778. The van der Waals surface area contributed by atoms with Gasteiger partial charge in [0, 0.05) is 19.5 Å². The van der Waals surface area contributed by atoms with Gasteiger partial charge in [-0.3, -0.25) is 4.79 Å². The Morgan fingerprint density at radius 1 is 1.21 bits per heavy atom. The van der Waals surface area contributed by atoms with Crippen molar-refractivity contribution in [2.45, 2.75) is 71.9 Å². The molecule has 0 aromatic heterocycles. The number of likely N-dealkylation sites (tertiary alicyclic amines) is 1. The van der Waals surface area contributed by atoms with Gasteiger partial charge in [0.25, 0.3) is 0 Å². The fourth-order valence-corrected chi connectivity index (χ4v) is 2.47. The highest BCUT2D eigenvalue weighted by atomic mass is 16.6. The van der Waals surface area contributed by atoms with Gasteiger partial charge in [0.2, 0.25) is 5.91 Å². The number of amides is 2. The van der Waals surface area contributed by atoms with E-state index in [1.807, 2.05) is 17.1 Å². The molecule has 0 radical (unpaired) electrons. The van der Waals surface area contributed by atoms with E-state index in [2.05, 4.69) is 24.1 Å². The molecule has 1 rings (SSSR count). The molecule has 1 aliphatic heterocycles. The first-order chi connectivity index (χ1) is 11.2. The lowest BCUT2D eigenvalue weighted by Gasteiger charge is -2.17. The van der Waals surface area contributed by atoms with Crippen LogP contribution in [-0.4, -0.2) is 41.6 Å². The lowest BCUT2D eigenvalue weighted by atomic mass is 10.0. The molecule has 1 aliphatic rings. The molecular weight excluding hydrogens is 306 g/mol. The van der Waals surface area contributed by atoms with Gasteiger partial charge in [-0.15, -0.1) is 0 Å². The van der Waals surface area contributed by atoms with Gasteiger partial charge in [0.1, 0.15) is 5.60 Å². The smallest absolute Gasteiger partial charge is 0.441 e. The first-order valence-corrected chi connectivity index (χ1v) is 8.75. The normalized spacial score (nSPS) is 17.2. The summed E-state index contributed by atoms with van der Waals surface area (Å²) >= 11 is 0. The van der Waals surface area contributed by atoms with E-state index >= 15 is 0 Å². The Morgan fingerprint density at radius 2 is 1.83 bits per heavy atom. The van der Waals surface area contributed by atoms with Gasteiger partial charge < -0.3 is 9.64 Å². The van der Waals surface area contributed by atoms with E-state index in [4.69, 9.17) is 4.74 Å². The zero-order valence-corrected chi connectivity index (χ0v) is 15.6. The quantitative estimate of drug-likeness (QED) is 0.534. The highest BCUT2D eigenvalue weighted by Crippen LogP contribution is 2.14. The van der Waals surface area contributed by atoms with Crippen molar-refractivity contribution in [2.24, 2.45) is 16.1 Å². The van der Waals surface area contributed by atoms with Crippen LogP contribution in [-0.2, 0) is 9.53 Å². The summed E-state index contributed by atoms with van der Waals surface area (Å²) in [4.78, 5) is 25.5. The maximum absolute atomic E-state index is 12.0. The van der Waals surface area contributed by atoms with Crippen molar-refractivity contribution >= 4 is 12.0 Å². The predicted octanol–water partition coefficient (Wildman–Crippen LogP) is 4.36. The number of nitrogens with zero attached hydrogens (tertiary/aromatic N) is 3. The van der Waals surface area contributed by atoms with E-state index < -0.39 is 11.7 Å². The van der Waals surface area contributed by atoms with Gasteiger partial charge in [0.05, 0.1) is 6.04 Å². The Labute approximate surface area is 145 Å². The molecule has 1 heterocycles. The van der Waals surface area contributed by atoms with E-state index in [9.17, 15) is 9.59 Å². The van der Waals surface area contributed by atoms with Crippen molar-refractivity contribution in [3.8, 4) is 0 Å². The van der Waals surface area contributed by atoms with Crippen LogP contribution >= 0.6 is 0 Å². The first kappa shape index (κ1) is 20.3. The van der Waals surface area contributed by atoms with Gasteiger partial charge in [0.15, 0.2) is 0 Å². The molecule has 6 nitrogen and oxygen atoms in total. The number of azo groups is 1. The second-order valence-corrected chi connectivity index (χ2v) is 7.61. The van der Waals surface area contributed by atoms with E-state index in [-0.39, 0.29) is 11.9 Å². The number of carbonyl (C=O) groups excluding carboxylic acids is 2. The van der Waals surface area contributed by atoms with Gasteiger partial charge in [-0.25, -0.2) is 4.79 Å². The van der Waals surface area contributed by atoms with E-state index in [1.165, 1.54) is 0 Å². The third-order valence-electron chi connectivity index (χ3n) is 3.50. The van der Waals surface area contributed by atoms with Crippen LogP contribution in [0.3, 0.4) is 0 Å². The average molecular weight is 337 g/mol. The summed E-state index contributed by atoms with van der Waals surface area (Å²) in [6, 6.07) is -0.219. The molecule has 0 bridgehead atoms. The summed E-state index contributed by atoms with van der Waals surface area (Å²) in [6.45, 7) is 11.3. The molecule has 0 saturated carbocycles. The van der Waals surface area contributed by atoms with Crippen LogP contribution in [0.15, 0.2) is 22.4 Å². The second-order valence-electron chi connectivity index (χ2n) is 7.61. The minimum Gasteiger partial charge on any atom is -0.441 e. The second kappa shape index (κ2) is 9.55. The van der Waals surface area contributed by atoms with Crippen LogP contribution in [0.25, 0.3) is 0 Å². The van der Waals surface area contributed by atoms with Crippen LogP contribution < -0.4 is 0 Å². The van der Waals surface area contributed by atoms with Crippen LogP contribution in [0, 0.1) is 5.92 Å². The SMILES string of the molecule is CC(C)C[C@@H](/C=C/CC(=O)N1CCCC1)N=NC(=O)OC(C)(C)C. The molecule has 136 valence electrons. The van der Waals surface area contributed by atoms with Crippen molar-refractivity contribution in [3.63, 3.8) is 0 Å². The van der Waals surface area contributed by atoms with Gasteiger partial charge >= 0.3 is 6.09 Å². The molecule has 0 spiro atoms. The monoisotopic (exact) mass is 337 g/mol. The number of ether oxygens (including phenoxy) is 1. The Bertz CT molecular complexity index is 472. The Kier molecular flexibility index (Phi) is 8.08. The van der Waals surface area contributed by atoms with E-state index in [0.29, 0.717) is 12.3 Å². The van der Waals surface area contributed by atoms with E-state index in [1.54, 1.807) is 20.8 Å². The molecule has 6 heteroatoms. The van der Waals surface area contributed by atoms with Crippen molar-refractivity contribution < 1.29 is 14.3 Å². The number of hydrogen-bond acceptors (Lipinski definition) is 4. The maximum atomic E-state index is 12.0. The lowest BCUT2D eigenvalue weighted by Crippen LogP contribution is -2.26. The van der Waals surface area contributed by atoms with E-state index in [0.717, 1.165) is 32.4 Å². The Morgan fingerprint density at radius 3 is 2.38 bits per heavy atom. The zero-order valence-electron chi connectivity index (χ0n) is 15.6. The summed E-state index contributed by atoms with van der Waals surface area (Å²) in [5, 5.41) is 7.74. The fourth-order valence-electron chi connectivity index (χ4n) is 2.47. The third-order valence-corrected chi connectivity index (χ3v) is 3.50. The zero-order chi connectivity index (χ0) is 18.2. The minimum absolute atomic E-state index is 0.149. The molecule has 0 aromatic carbocycles. The van der Waals surface area contributed by atoms with Crippen LogP contribution in [0.2, 0.25) is 0 Å². The summed E-state index contributed by atoms with van der Waals surface area (Å²) < 4.78 is 5.12. The molecule has 24 heavy (non-hydrogen) atoms. The molecule has 1 saturated heterocycles. The first-order valence-electron chi connectivity index (χ1n) is 8.75. The van der Waals surface area contributed by atoms with Crippen molar-refractivity contribution in [1.82, 2.24) is 4.90 Å². The highest BCUT2D eigenvalue weighted by molar-refractivity contribution is 5.77. The maximum Gasteiger partial charge on any atom is 0.452 e. The molecule has 1 fully saturated rings. The van der Waals surface area contributed by atoms with Gasteiger partial charge in [-0.2, -0.15) is 5.11 Å². The standard InChI is InChI=1S/C18H31N3O3/c1-14(2)13-15(19-20-17(23)24-18(3,4)5)9-8-10-16(22)21-11-6-7-12-21/h8-9,14-15H,6-7,10-13H2,1-5H3/b9-8+,20-19?/t15-/m1/s1. The Balaban J connectivity index is 2.55. The summed E-state index contributed by atoms with van der Waals surface area (Å²) in [7, 11) is 0. The molecule has 2 amide bonds. The molecule has 0 unspecified atom stereocenters. The molecule has 0 N–H and O–H groups in total. The minimum atomic E-state index is -0.683. The summed E-state index contributed by atoms with van der Waals surface area (Å²) in [5.74, 6) is 0.558. The average Bonchev–Trinajstić information content (AvgIpc) is 2.96. The third kappa shape index (κ3) is 8.79. The van der Waals surface area contributed by atoms with Crippen LogP contribution in [0.5, 0.6) is 0 Å². The largest absolute Gasteiger partial charge is 0.452 e. The molecule has 0 aliphatic carbocycles. The van der Waals surface area contributed by atoms with Crippen LogP contribution in [0.1, 0.15) is 60.3 Å². The Hall–Kier alpha value is -1.72. The highest BCUT2D eigenvalue weighted by Gasteiger charge is 2.17. The van der Waals surface area contributed by atoms with Gasteiger partial charge in [-0.05, 0) is 46.0 Å². The lowest BCUT2D eigenvalue weighted by molar-refractivity contribution is -0.129. The molecular formula is C18H31N3O3. The summed E-state index contributed by atoms with van der Waals surface area (Å²) in [5.41, 5.74) is -0.582. The van der Waals surface area contributed by atoms with Crippen molar-refractivity contribution in [3.05, 3.63) is 12.2 Å². The summed E-state index contributed by atoms with van der Waals surface area (Å²) in [6.07, 6.45) is 6.34. The predicted molar refractivity (Wildman–Crippen MR) is 93.9 cm³/mol. The number of rotatable bonds is 6. The van der Waals surface area contributed by atoms with Crippen LogP contribution in [0.4, 0.5) is 4.79 Å². The van der Waals surface area contributed by atoms with Gasteiger partial charge in [-0.1, -0.05) is 31.1 Å². The number of hydrogen-bond donors (Lipinski definition) is 0. The number of carbonyl (C=O) groups is 2. The topological polar surface area (TPSA) is 71.3 Å². The van der Waals surface area contributed by atoms with Crippen molar-refractivity contribution in [2.75, 3.05) is 13.1 Å².